The smallest absolute Gasteiger partial charge is 0.338 e. The Balaban J connectivity index is 2.97. The molecule has 0 amide bonds. The van der Waals surface area contributed by atoms with Gasteiger partial charge in [0.1, 0.15) is 5.60 Å². The Morgan fingerprint density at radius 2 is 1.88 bits per heavy atom. The van der Waals surface area contributed by atoms with Crippen LogP contribution in [-0.2, 0) is 4.74 Å². The van der Waals surface area contributed by atoms with E-state index < -0.39 is 5.60 Å². The summed E-state index contributed by atoms with van der Waals surface area (Å²) in [6.45, 7) is 5.56. The van der Waals surface area contributed by atoms with Gasteiger partial charge in [-0.3, -0.25) is 4.48 Å². The van der Waals surface area contributed by atoms with Crippen molar-refractivity contribution in [3.63, 3.8) is 0 Å². The van der Waals surface area contributed by atoms with Crippen molar-refractivity contribution < 1.29 is 9.53 Å². The van der Waals surface area contributed by atoms with Crippen molar-refractivity contribution in [3.05, 3.63) is 23.9 Å². The molecule has 1 heterocycles. The molecule has 0 atom stereocenters. The summed E-state index contributed by atoms with van der Waals surface area (Å²) in [5.74, 6) is 0.517. The summed E-state index contributed by atoms with van der Waals surface area (Å²) >= 11 is 0. The molecule has 0 N–H and O–H groups in total. The van der Waals surface area contributed by atoms with Gasteiger partial charge in [0.25, 0.3) is 0 Å². The summed E-state index contributed by atoms with van der Waals surface area (Å²) in [5, 5.41) is 0. The van der Waals surface area contributed by atoms with Crippen molar-refractivity contribution >= 4 is 11.8 Å². The highest BCUT2D eigenvalue weighted by molar-refractivity contribution is 5.90. The Morgan fingerprint density at radius 1 is 1.29 bits per heavy atom. The van der Waals surface area contributed by atoms with Crippen molar-refractivity contribution in [2.45, 2.75) is 26.4 Å². The van der Waals surface area contributed by atoms with Crippen LogP contribution < -0.4 is 4.48 Å². The first-order valence-electron chi connectivity index (χ1n) is 5.61. The van der Waals surface area contributed by atoms with E-state index in [-0.39, 0.29) is 5.97 Å². The van der Waals surface area contributed by atoms with E-state index in [9.17, 15) is 4.79 Å². The van der Waals surface area contributed by atoms with Crippen LogP contribution in [-0.4, -0.2) is 37.7 Å². The predicted octanol–water partition coefficient (Wildman–Crippen LogP) is 2.23. The van der Waals surface area contributed by atoms with Gasteiger partial charge in [0.05, 0.1) is 26.7 Å². The average molecular weight is 237 g/mol. The first-order valence-corrected chi connectivity index (χ1v) is 5.61. The molecule has 0 bridgehead atoms. The van der Waals surface area contributed by atoms with Crippen LogP contribution >= 0.6 is 0 Å². The number of quaternary nitrogens is 1. The predicted molar refractivity (Wildman–Crippen MR) is 69.0 cm³/mol. The maximum absolute atomic E-state index is 11.9. The lowest BCUT2D eigenvalue weighted by molar-refractivity contribution is 0.00693. The van der Waals surface area contributed by atoms with Crippen LogP contribution in [0.25, 0.3) is 0 Å². The molecule has 0 radical (unpaired) electrons. The maximum atomic E-state index is 11.9. The fourth-order valence-corrected chi connectivity index (χ4v) is 1.25. The fourth-order valence-electron chi connectivity index (χ4n) is 1.25. The van der Waals surface area contributed by atoms with E-state index in [1.807, 2.05) is 41.9 Å². The largest absolute Gasteiger partial charge is 0.456 e. The van der Waals surface area contributed by atoms with Crippen molar-refractivity contribution in [3.8, 4) is 0 Å². The van der Waals surface area contributed by atoms with Gasteiger partial charge >= 0.3 is 5.97 Å². The van der Waals surface area contributed by atoms with Gasteiger partial charge in [-0.25, -0.2) is 9.78 Å². The molecule has 0 unspecified atom stereocenters. The number of pyridine rings is 1. The van der Waals surface area contributed by atoms with Crippen LogP contribution in [0, 0.1) is 0 Å². The van der Waals surface area contributed by atoms with Gasteiger partial charge in [-0.05, 0) is 26.8 Å². The molecule has 4 heteroatoms. The molecule has 0 saturated carbocycles. The minimum atomic E-state index is -0.475. The number of carbonyl (C=O) groups excluding carboxylic acids is 1. The van der Waals surface area contributed by atoms with E-state index in [1.165, 1.54) is 0 Å². The summed E-state index contributed by atoms with van der Waals surface area (Å²) in [6, 6.07) is 3.45. The molecule has 0 fully saturated rings. The highest BCUT2D eigenvalue weighted by atomic mass is 16.6. The standard InChI is InChI=1S/C13H21N2O2/c1-13(2,3)17-12(16)10-7-8-14-11(9-10)15(4,5)6/h7-9H,1-6H3/q+1. The molecule has 17 heavy (non-hydrogen) atoms. The summed E-state index contributed by atoms with van der Waals surface area (Å²) in [4.78, 5) is 16.1. The van der Waals surface area contributed by atoms with E-state index in [1.54, 1.807) is 18.3 Å². The third-order valence-electron chi connectivity index (χ3n) is 2.07. The molecule has 0 aliphatic carbocycles. The van der Waals surface area contributed by atoms with Gasteiger partial charge in [0.2, 0.25) is 5.82 Å². The van der Waals surface area contributed by atoms with Crippen LogP contribution in [0.5, 0.6) is 0 Å². The van der Waals surface area contributed by atoms with Crippen molar-refractivity contribution in [1.82, 2.24) is 9.47 Å². The summed E-state index contributed by atoms with van der Waals surface area (Å²) in [7, 11) is 6.00. The third kappa shape index (κ3) is 4.15. The van der Waals surface area contributed by atoms with Crippen LogP contribution in [0.4, 0.5) is 5.82 Å². The number of rotatable bonds is 2. The molecular weight excluding hydrogens is 216 g/mol. The lowest BCUT2D eigenvalue weighted by Gasteiger charge is -2.23. The topological polar surface area (TPSA) is 39.2 Å². The van der Waals surface area contributed by atoms with Gasteiger partial charge < -0.3 is 4.74 Å². The second-order valence-corrected chi connectivity index (χ2v) is 5.92. The Hall–Kier alpha value is -1.42. The second kappa shape index (κ2) is 4.45. The number of nitrogens with zero attached hydrogens (tertiary/aromatic N) is 2. The van der Waals surface area contributed by atoms with Crippen molar-refractivity contribution in [2.24, 2.45) is 0 Å². The summed E-state index contributed by atoms with van der Waals surface area (Å²) < 4.78 is 5.88. The van der Waals surface area contributed by atoms with Gasteiger partial charge in [-0.15, -0.1) is 0 Å². The molecule has 0 aliphatic rings. The molecule has 1 rings (SSSR count). The van der Waals surface area contributed by atoms with E-state index in [4.69, 9.17) is 4.74 Å². The zero-order chi connectivity index (χ0) is 13.3. The second-order valence-electron chi connectivity index (χ2n) is 5.92. The maximum Gasteiger partial charge on any atom is 0.338 e. The number of carbonyl (C=O) groups is 1. The Morgan fingerprint density at radius 3 is 2.35 bits per heavy atom. The van der Waals surface area contributed by atoms with Crippen molar-refractivity contribution in [1.29, 1.82) is 0 Å². The van der Waals surface area contributed by atoms with E-state index in [2.05, 4.69) is 4.98 Å². The van der Waals surface area contributed by atoms with E-state index in [0.29, 0.717) is 10.0 Å². The molecule has 0 aromatic carbocycles. The van der Waals surface area contributed by atoms with E-state index >= 15 is 0 Å². The molecule has 94 valence electrons. The quantitative estimate of drug-likeness (QED) is 0.585. The first-order chi connectivity index (χ1) is 7.59. The summed E-state index contributed by atoms with van der Waals surface area (Å²) in [5.41, 5.74) is 0.0647. The zero-order valence-electron chi connectivity index (χ0n) is 11.4. The van der Waals surface area contributed by atoms with Crippen LogP contribution in [0.2, 0.25) is 0 Å². The molecule has 1 aromatic rings. The molecule has 4 nitrogen and oxygen atoms in total. The first kappa shape index (κ1) is 13.6. The lowest BCUT2D eigenvalue weighted by Crippen LogP contribution is -2.36. The van der Waals surface area contributed by atoms with Crippen LogP contribution in [0.3, 0.4) is 0 Å². The Bertz CT molecular complexity index is 414. The zero-order valence-corrected chi connectivity index (χ0v) is 11.4. The number of esters is 1. The average Bonchev–Trinajstić information content (AvgIpc) is 2.14. The fraction of sp³-hybridized carbons (Fsp3) is 0.538. The number of hydrogen-bond acceptors (Lipinski definition) is 3. The third-order valence-corrected chi connectivity index (χ3v) is 2.07. The number of aromatic nitrogens is 1. The van der Waals surface area contributed by atoms with Crippen LogP contribution in [0.15, 0.2) is 18.3 Å². The lowest BCUT2D eigenvalue weighted by atomic mass is 10.2. The SMILES string of the molecule is CC(C)(C)OC(=O)c1ccnc([N+](C)(C)C)c1. The molecule has 0 saturated heterocycles. The van der Waals surface area contributed by atoms with Crippen LogP contribution in [0.1, 0.15) is 31.1 Å². The van der Waals surface area contributed by atoms with Crippen molar-refractivity contribution in [2.75, 3.05) is 21.1 Å². The summed E-state index contributed by atoms with van der Waals surface area (Å²) in [6.07, 6.45) is 1.64. The monoisotopic (exact) mass is 237 g/mol. The normalized spacial score (nSPS) is 12.4. The van der Waals surface area contributed by atoms with Gasteiger partial charge in [0.15, 0.2) is 0 Å². The minimum Gasteiger partial charge on any atom is -0.456 e. The highest BCUT2D eigenvalue weighted by Gasteiger charge is 2.21. The van der Waals surface area contributed by atoms with Gasteiger partial charge in [-0.2, -0.15) is 0 Å². The Labute approximate surface area is 103 Å². The molecular formula is C13H21N2O2+. The minimum absolute atomic E-state index is 0.311. The molecule has 0 aliphatic heterocycles. The van der Waals surface area contributed by atoms with Gasteiger partial charge in [0, 0.05) is 12.3 Å². The number of ether oxygens (including phenoxy) is 1. The molecule has 0 spiro atoms. The Kier molecular flexibility index (Phi) is 3.57. The molecule has 1 aromatic heterocycles. The van der Waals surface area contributed by atoms with Gasteiger partial charge in [-0.1, -0.05) is 0 Å². The van der Waals surface area contributed by atoms with E-state index in [0.717, 1.165) is 5.82 Å². The number of hydrogen-bond donors (Lipinski definition) is 0. The highest BCUT2D eigenvalue weighted by Crippen LogP contribution is 2.17.